The normalized spacial score (nSPS) is 25.7. The van der Waals surface area contributed by atoms with Crippen molar-refractivity contribution in [3.05, 3.63) is 0 Å². The topological polar surface area (TPSA) is 86.6 Å². The molecule has 0 aromatic heterocycles. The van der Waals surface area contributed by atoms with Crippen LogP contribution in [0, 0.1) is 11.8 Å². The molecule has 1 rings (SSSR count). The third kappa shape index (κ3) is 5.51. The van der Waals surface area contributed by atoms with Crippen LogP contribution >= 0.6 is 10.0 Å². The molecular formula is C15H31NO4S. The highest BCUT2D eigenvalue weighted by molar-refractivity contribution is 8.33. The first-order valence-corrected chi connectivity index (χ1v) is 9.95. The zero-order valence-electron chi connectivity index (χ0n) is 14.4. The second-order valence-electron chi connectivity index (χ2n) is 7.38. The highest BCUT2D eigenvalue weighted by atomic mass is 32.3. The molecule has 1 aliphatic rings. The Hall–Kier alpha value is -0.750. The molecule has 0 saturated carbocycles. The van der Waals surface area contributed by atoms with Crippen LogP contribution in [0.5, 0.6) is 0 Å². The van der Waals surface area contributed by atoms with Gasteiger partial charge in [0.2, 0.25) is 5.91 Å². The van der Waals surface area contributed by atoms with E-state index in [2.05, 4.69) is 44.9 Å². The molecule has 0 aromatic rings. The molecule has 6 heteroatoms. The van der Waals surface area contributed by atoms with Gasteiger partial charge in [-0.15, -0.1) is 0 Å². The van der Waals surface area contributed by atoms with Crippen LogP contribution in [0.2, 0.25) is 0 Å². The predicted octanol–water partition coefficient (Wildman–Crippen LogP) is 1.68. The molecule has 0 aromatic carbocycles. The summed E-state index contributed by atoms with van der Waals surface area (Å²) in [5.74, 6) is -2.47. The van der Waals surface area contributed by atoms with Gasteiger partial charge in [0.25, 0.3) is 0 Å². The van der Waals surface area contributed by atoms with Gasteiger partial charge < -0.3 is 15.5 Å². The summed E-state index contributed by atoms with van der Waals surface area (Å²) in [6.07, 6.45) is 6.27. The Morgan fingerprint density at radius 1 is 1.24 bits per heavy atom. The molecule has 0 bridgehead atoms. The first-order valence-electron chi connectivity index (χ1n) is 7.09. The van der Waals surface area contributed by atoms with E-state index in [4.69, 9.17) is 5.11 Å². The lowest BCUT2D eigenvalue weighted by molar-refractivity contribution is -0.151. The van der Waals surface area contributed by atoms with Gasteiger partial charge in [0, 0.05) is 0 Å². The number of nitrogens with one attached hydrogen (secondary N) is 1. The van der Waals surface area contributed by atoms with Crippen LogP contribution in [-0.2, 0) is 9.59 Å². The summed E-state index contributed by atoms with van der Waals surface area (Å²) in [5, 5.41) is 20.3. The minimum Gasteiger partial charge on any atom is -0.481 e. The Labute approximate surface area is 129 Å². The number of hydrogen-bond acceptors (Lipinski definition) is 3. The largest absolute Gasteiger partial charge is 0.481 e. The smallest absolute Gasteiger partial charge is 0.308 e. The molecule has 3 N–H and O–H groups in total. The van der Waals surface area contributed by atoms with E-state index in [1.807, 2.05) is 0 Å². The van der Waals surface area contributed by atoms with E-state index in [-0.39, 0.29) is 15.9 Å². The lowest BCUT2D eigenvalue weighted by atomic mass is 9.79. The van der Waals surface area contributed by atoms with Crippen molar-refractivity contribution >= 4 is 21.9 Å². The third-order valence-corrected chi connectivity index (χ3v) is 7.96. The first kappa shape index (κ1) is 20.2. The van der Waals surface area contributed by atoms with Crippen LogP contribution in [0.15, 0.2) is 0 Å². The van der Waals surface area contributed by atoms with Crippen molar-refractivity contribution < 1.29 is 19.8 Å². The average Bonchev–Trinajstić information content (AvgIpc) is 2.21. The molecule has 4 atom stereocenters. The lowest BCUT2D eigenvalue weighted by Gasteiger charge is -2.40. The third-order valence-electron chi connectivity index (χ3n) is 4.28. The zero-order valence-corrected chi connectivity index (χ0v) is 15.2. The Bertz CT molecular complexity index is 370. The fraction of sp³-hybridized carbons (Fsp3) is 0.867. The number of aliphatic hydroxyl groups excluding tert-OH is 1. The molecule has 1 fully saturated rings. The molecule has 1 amide bonds. The van der Waals surface area contributed by atoms with E-state index < -0.39 is 30.0 Å². The number of rotatable bonds is 3. The van der Waals surface area contributed by atoms with E-state index in [0.29, 0.717) is 4.75 Å². The Morgan fingerprint density at radius 2 is 1.62 bits per heavy atom. The molecule has 5 nitrogen and oxygen atoms in total. The number of carbonyl (C=O) groups is 2. The second-order valence-corrected chi connectivity index (χ2v) is 12.3. The monoisotopic (exact) mass is 321 g/mol. The summed E-state index contributed by atoms with van der Waals surface area (Å²) in [6, 6.07) is -0.440. The molecule has 1 aliphatic heterocycles. The van der Waals surface area contributed by atoms with Crippen molar-refractivity contribution in [2.24, 2.45) is 11.8 Å². The number of amides is 1. The number of carboxylic acid groups (broad SMARTS) is 1. The molecular weight excluding hydrogens is 290 g/mol. The summed E-state index contributed by atoms with van der Waals surface area (Å²) < 4.78 is 0.521. The van der Waals surface area contributed by atoms with Crippen LogP contribution in [0.4, 0.5) is 0 Å². The van der Waals surface area contributed by atoms with Crippen LogP contribution in [0.3, 0.4) is 0 Å². The number of carbonyl (C=O) groups excluding carboxylic acids is 1. The van der Waals surface area contributed by atoms with Gasteiger partial charge >= 0.3 is 5.97 Å². The fourth-order valence-electron chi connectivity index (χ4n) is 1.53. The quantitative estimate of drug-likeness (QED) is 0.690. The van der Waals surface area contributed by atoms with Crippen LogP contribution in [0.1, 0.15) is 34.6 Å². The standard InChI is InChI=1S/C8H13NO4.C7H18S/c1-3(8(12)13)6-5(4(2)10)7(11)9-6;1-7(2,3)8(4,5)6/h3-6,10H,1-2H3,(H,9,11)(H,12,13);1-6H3/t3?,4-,5?,6?;/m1./s1. The van der Waals surface area contributed by atoms with Crippen LogP contribution < -0.4 is 5.32 Å². The van der Waals surface area contributed by atoms with Crippen molar-refractivity contribution in [2.45, 2.75) is 51.5 Å². The van der Waals surface area contributed by atoms with Crippen molar-refractivity contribution in [2.75, 3.05) is 18.8 Å². The maximum Gasteiger partial charge on any atom is 0.308 e. The van der Waals surface area contributed by atoms with Crippen LogP contribution in [0.25, 0.3) is 0 Å². The molecule has 21 heavy (non-hydrogen) atoms. The number of hydrogen-bond donors (Lipinski definition) is 3. The number of β-lactam (4-membered cyclic amide) rings is 1. The summed E-state index contributed by atoms with van der Waals surface area (Å²) in [7, 11) is -0.340. The maximum atomic E-state index is 10.9. The van der Waals surface area contributed by atoms with Gasteiger partial charge in [-0.05, 0) is 37.4 Å². The minimum atomic E-state index is -0.962. The number of aliphatic hydroxyl groups is 1. The van der Waals surface area contributed by atoms with E-state index in [1.165, 1.54) is 13.8 Å². The average molecular weight is 321 g/mol. The second kappa shape index (κ2) is 7.01. The lowest BCUT2D eigenvalue weighted by Crippen LogP contribution is -2.65. The summed E-state index contributed by atoms with van der Waals surface area (Å²) in [5.41, 5.74) is 0. The Balaban J connectivity index is 0.000000433. The van der Waals surface area contributed by atoms with Crippen molar-refractivity contribution in [1.82, 2.24) is 5.32 Å². The molecule has 0 spiro atoms. The van der Waals surface area contributed by atoms with E-state index in [9.17, 15) is 14.7 Å². The summed E-state index contributed by atoms with van der Waals surface area (Å²) >= 11 is 0. The molecule has 126 valence electrons. The van der Waals surface area contributed by atoms with E-state index >= 15 is 0 Å². The highest BCUT2D eigenvalue weighted by Crippen LogP contribution is 2.48. The van der Waals surface area contributed by atoms with E-state index in [1.54, 1.807) is 0 Å². The Kier molecular flexibility index (Phi) is 6.76. The molecule has 1 saturated heterocycles. The summed E-state index contributed by atoms with van der Waals surface area (Å²) in [4.78, 5) is 21.5. The molecule has 0 aliphatic carbocycles. The Morgan fingerprint density at radius 3 is 1.81 bits per heavy atom. The van der Waals surface area contributed by atoms with E-state index in [0.717, 1.165) is 0 Å². The number of carboxylic acids is 1. The number of aliphatic carboxylic acids is 1. The van der Waals surface area contributed by atoms with Crippen molar-refractivity contribution in [3.63, 3.8) is 0 Å². The van der Waals surface area contributed by atoms with Crippen molar-refractivity contribution in [1.29, 1.82) is 0 Å². The summed E-state index contributed by atoms with van der Waals surface area (Å²) in [6.45, 7) is 9.93. The molecule has 1 heterocycles. The van der Waals surface area contributed by atoms with Gasteiger partial charge in [0.1, 0.15) is 0 Å². The molecule has 3 unspecified atom stereocenters. The van der Waals surface area contributed by atoms with Gasteiger partial charge in [0.05, 0.1) is 24.0 Å². The highest BCUT2D eigenvalue weighted by Gasteiger charge is 2.47. The SMILES string of the molecule is CC(C(=O)O)C1NC(=O)C1[C@@H](C)O.CC(C)(C)S(C)(C)C. The van der Waals surface area contributed by atoms with Gasteiger partial charge in [-0.1, -0.05) is 20.8 Å². The minimum absolute atomic E-state index is 0.270. The van der Waals surface area contributed by atoms with Crippen molar-refractivity contribution in [3.8, 4) is 0 Å². The van der Waals surface area contributed by atoms with Crippen LogP contribution in [-0.4, -0.2) is 57.7 Å². The van der Waals surface area contributed by atoms with Gasteiger partial charge in [-0.2, -0.15) is 0 Å². The molecule has 0 radical (unpaired) electrons. The van der Waals surface area contributed by atoms with Gasteiger partial charge in [-0.3, -0.25) is 9.59 Å². The zero-order chi connectivity index (χ0) is 17.2. The maximum absolute atomic E-state index is 10.9. The van der Waals surface area contributed by atoms with Gasteiger partial charge in [-0.25, -0.2) is 10.0 Å². The first-order chi connectivity index (χ1) is 9.20. The predicted molar refractivity (Wildman–Crippen MR) is 89.0 cm³/mol. The van der Waals surface area contributed by atoms with Gasteiger partial charge in [0.15, 0.2) is 0 Å². The fourth-order valence-corrected chi connectivity index (χ4v) is 1.53.